The van der Waals surface area contributed by atoms with Crippen LogP contribution in [-0.4, -0.2) is 77.7 Å². The Balaban J connectivity index is 0.000000163. The van der Waals surface area contributed by atoms with Crippen LogP contribution in [-0.2, 0) is 46.7 Å². The lowest BCUT2D eigenvalue weighted by molar-refractivity contribution is -0.142. The largest absolute Gasteiger partial charge is 0.485 e. The van der Waals surface area contributed by atoms with E-state index in [1.165, 1.54) is 19.3 Å². The Morgan fingerprint density at radius 3 is 1.63 bits per heavy atom. The number of nitrogens with two attached hydrogens (primary N) is 2. The van der Waals surface area contributed by atoms with Crippen LogP contribution in [0.5, 0.6) is 17.2 Å². The number of allylic oxidation sites excluding steroid dienone is 4. The van der Waals surface area contributed by atoms with E-state index in [0.717, 1.165) is 22.3 Å². The molecule has 6 aromatic rings. The predicted molar refractivity (Wildman–Crippen MR) is 309 cm³/mol. The van der Waals surface area contributed by atoms with E-state index in [9.17, 15) is 9.59 Å². The van der Waals surface area contributed by atoms with E-state index in [1.54, 1.807) is 68.1 Å². The van der Waals surface area contributed by atoms with Gasteiger partial charge in [-0.15, -0.1) is 11.6 Å². The minimum atomic E-state index is -0.630. The maximum absolute atomic E-state index is 12.4. The van der Waals surface area contributed by atoms with Crippen LogP contribution in [0.2, 0.25) is 0 Å². The van der Waals surface area contributed by atoms with Gasteiger partial charge in [0.05, 0.1) is 45.2 Å². The number of ether oxygens (including phenoxy) is 6. The second-order valence-electron chi connectivity index (χ2n) is 18.3. The number of anilines is 3. The van der Waals surface area contributed by atoms with E-state index in [4.69, 9.17) is 61.2 Å². The van der Waals surface area contributed by atoms with E-state index >= 15 is 0 Å². The molecular formula is C61H64ClN9O10. The summed E-state index contributed by atoms with van der Waals surface area (Å²) in [6.45, 7) is 9.53. The molecule has 0 aliphatic carbocycles. The molecule has 0 saturated carbocycles. The van der Waals surface area contributed by atoms with Gasteiger partial charge in [0.1, 0.15) is 42.5 Å². The Labute approximate surface area is 475 Å². The number of rotatable bonds is 19. The minimum Gasteiger partial charge on any atom is -0.485 e. The van der Waals surface area contributed by atoms with Crippen LogP contribution < -0.4 is 35.8 Å². The summed E-state index contributed by atoms with van der Waals surface area (Å²) in [7, 11) is 2.73. The number of halogens is 1. The Bertz CT molecular complexity index is 3320. The van der Waals surface area contributed by atoms with Gasteiger partial charge in [0.25, 0.3) is 0 Å². The van der Waals surface area contributed by atoms with Crippen LogP contribution in [0.15, 0.2) is 202 Å². The maximum atomic E-state index is 12.4. The van der Waals surface area contributed by atoms with E-state index in [1.807, 2.05) is 123 Å². The molecule has 0 amide bonds. The number of hydrogen-bond acceptors (Lipinski definition) is 19. The summed E-state index contributed by atoms with van der Waals surface area (Å²) in [5.41, 5.74) is 18.3. The van der Waals surface area contributed by atoms with Gasteiger partial charge in [-0.05, 0) is 73.9 Å². The first-order chi connectivity index (χ1) is 39.4. The molecule has 7 heterocycles. The number of carbonyl (C=O) groups is 2. The summed E-state index contributed by atoms with van der Waals surface area (Å²) < 4.78 is 33.4. The summed E-state index contributed by atoms with van der Waals surface area (Å²) >= 11 is 6.39. The van der Waals surface area contributed by atoms with Gasteiger partial charge in [0.15, 0.2) is 34.6 Å². The molecule has 3 aromatic carbocycles. The fourth-order valence-corrected chi connectivity index (χ4v) is 8.91. The number of nitrogen functional groups attached to an aromatic ring is 1. The van der Waals surface area contributed by atoms with Crippen LogP contribution in [0.3, 0.4) is 0 Å². The molecule has 0 fully saturated rings. The van der Waals surface area contributed by atoms with Crippen molar-refractivity contribution in [2.24, 2.45) is 27.6 Å². The molecule has 81 heavy (non-hydrogen) atoms. The fraction of sp³-hybridized carbons (Fsp3) is 0.262. The zero-order valence-electron chi connectivity index (χ0n) is 45.8. The maximum Gasteiger partial charge on any atom is 0.319 e. The Morgan fingerprint density at radius 2 is 1.14 bits per heavy atom. The third-order valence-corrected chi connectivity index (χ3v) is 12.9. The van der Waals surface area contributed by atoms with Crippen LogP contribution in [0, 0.1) is 11.8 Å². The van der Waals surface area contributed by atoms with E-state index in [0.29, 0.717) is 114 Å². The first kappa shape index (κ1) is 58.1. The lowest BCUT2D eigenvalue weighted by Gasteiger charge is -2.29. The molecule has 4 N–H and O–H groups in total. The highest BCUT2D eigenvalue weighted by Gasteiger charge is 2.42. The quantitative estimate of drug-likeness (QED) is 0.0436. The minimum absolute atomic E-state index is 0.241. The first-order valence-electron chi connectivity index (χ1n) is 26.1. The highest BCUT2D eigenvalue weighted by molar-refractivity contribution is 6.22. The molecular weight excluding hydrogens is 1050 g/mol. The number of esters is 2. The second kappa shape index (κ2) is 28.2. The average molecular weight is 1120 g/mol. The molecule has 4 unspecified atom stereocenters. The highest BCUT2D eigenvalue weighted by Crippen LogP contribution is 2.43. The summed E-state index contributed by atoms with van der Waals surface area (Å²) in [5, 5.41) is 2.53. The Kier molecular flexibility index (Phi) is 20.2. The summed E-state index contributed by atoms with van der Waals surface area (Å²) in [6, 6.07) is 40.4. The van der Waals surface area contributed by atoms with Crippen molar-refractivity contribution in [1.82, 2.24) is 15.0 Å². The summed E-state index contributed by atoms with van der Waals surface area (Å²) in [6.07, 6.45) is 8.75. The molecule has 0 radical (unpaired) electrons. The lowest BCUT2D eigenvalue weighted by atomic mass is 9.95. The summed E-state index contributed by atoms with van der Waals surface area (Å²) in [4.78, 5) is 58.9. The lowest BCUT2D eigenvalue weighted by Crippen LogP contribution is -2.30. The molecule has 0 saturated heterocycles. The molecule has 4 aliphatic rings. The number of aliphatic imine (C=N–C) groups is 2. The van der Waals surface area contributed by atoms with Gasteiger partial charge in [-0.3, -0.25) is 19.6 Å². The number of fused-ring (bicyclic) bond motifs is 2. The number of alkyl halides is 1. The third kappa shape index (κ3) is 14.4. The average Bonchev–Trinajstić information content (AvgIpc) is 4.02. The van der Waals surface area contributed by atoms with Gasteiger partial charge in [-0.1, -0.05) is 97.9 Å². The molecule has 4 aliphatic heterocycles. The topological polar surface area (TPSA) is 230 Å². The van der Waals surface area contributed by atoms with Crippen LogP contribution in [0.4, 0.5) is 17.5 Å². The molecule has 4 atom stereocenters. The first-order valence-corrected chi connectivity index (χ1v) is 26.6. The van der Waals surface area contributed by atoms with Crippen molar-refractivity contribution in [2.45, 2.75) is 58.8 Å². The van der Waals surface area contributed by atoms with Gasteiger partial charge in [-0.25, -0.2) is 15.0 Å². The molecule has 0 bridgehead atoms. The number of aromatic nitrogens is 3. The van der Waals surface area contributed by atoms with Gasteiger partial charge in [0.2, 0.25) is 11.6 Å². The molecule has 420 valence electrons. The van der Waals surface area contributed by atoms with Gasteiger partial charge < -0.3 is 49.6 Å². The molecule has 10 rings (SSSR count). The van der Waals surface area contributed by atoms with Crippen molar-refractivity contribution in [1.29, 1.82) is 0 Å². The van der Waals surface area contributed by atoms with Crippen molar-refractivity contribution in [3.63, 3.8) is 0 Å². The fourth-order valence-electron chi connectivity index (χ4n) is 8.76. The van der Waals surface area contributed by atoms with Crippen LogP contribution in [0.25, 0.3) is 0 Å². The van der Waals surface area contributed by atoms with E-state index in [2.05, 4.69) is 24.9 Å². The predicted octanol–water partition coefficient (Wildman–Crippen LogP) is 10.3. The number of hydrogen-bond donors (Lipinski definition) is 2. The standard InChI is InChI=1S/C23H22ClN3O4.C23H23N3O4.C15H19N3O2/c1-14(24)21-20-17(19(15(2)26-20)23(28)29-3)12-27(31-21)22-18(10-7-11-25-22)30-13-16-8-5-4-6-9-16;1-4-18-21-17(20(15(2)25-21)23(27)28-3)13-26(30-18)22-19(11-8-12-24-22)29-14-16-9-6-5-7-10-16;16-8-10-19-11-14(12-5-2-1-3-6-12)20-13-7-4-9-18-15(13)17/h4-12,14,19H,13H2,1-3H3;5-13,20H,4,14H2,1-3H3;1-7,9,14H,8,10-11,16H2,(H2,17,18). The monoisotopic (exact) mass is 1120 g/mol. The van der Waals surface area contributed by atoms with Gasteiger partial charge in [-0.2, -0.15) is 10.1 Å². The summed E-state index contributed by atoms with van der Waals surface area (Å²) in [5.74, 6) is 2.12. The third-order valence-electron chi connectivity index (χ3n) is 12.7. The number of nitrogens with zero attached hydrogens (tertiary/aromatic N) is 7. The zero-order valence-corrected chi connectivity index (χ0v) is 46.6. The second-order valence-corrected chi connectivity index (χ2v) is 19.0. The van der Waals surface area contributed by atoms with E-state index < -0.39 is 23.2 Å². The molecule has 19 nitrogen and oxygen atoms in total. The molecule has 20 heteroatoms. The smallest absolute Gasteiger partial charge is 0.319 e. The molecule has 0 spiro atoms. The van der Waals surface area contributed by atoms with Crippen LogP contribution in [0.1, 0.15) is 56.9 Å². The SMILES string of the molecule is CCC1=C2N=C(C)C(C(=O)OC)C2=CN(c2ncccc2OCc2ccccc2)O1.COC(=O)C1C2=CN(c3ncccc3OCc3ccccc3)OC(C(C)Cl)=C2N=C1C.NCCOCC(Oc1cccnc1N)c1ccccc1. The number of hydroxylamine groups is 2. The van der Waals surface area contributed by atoms with Gasteiger partial charge in [0, 0.05) is 54.1 Å². The Morgan fingerprint density at radius 1 is 0.654 bits per heavy atom. The van der Waals surface area contributed by atoms with Crippen molar-refractivity contribution < 1.29 is 47.7 Å². The number of benzene rings is 3. The Hall–Kier alpha value is -9.04. The number of methoxy groups -OCH3 is 2. The van der Waals surface area contributed by atoms with Gasteiger partial charge >= 0.3 is 11.9 Å². The van der Waals surface area contributed by atoms with Crippen molar-refractivity contribution in [2.75, 3.05) is 49.8 Å². The highest BCUT2D eigenvalue weighted by atomic mass is 35.5. The zero-order chi connectivity index (χ0) is 57.3. The molecule has 3 aromatic heterocycles. The number of pyridine rings is 3. The van der Waals surface area contributed by atoms with E-state index in [-0.39, 0.29) is 12.1 Å². The van der Waals surface area contributed by atoms with Crippen molar-refractivity contribution >= 4 is 52.4 Å². The van der Waals surface area contributed by atoms with Crippen LogP contribution >= 0.6 is 11.6 Å². The number of carbonyl (C=O) groups excluding carboxylic acids is 2. The van der Waals surface area contributed by atoms with Crippen molar-refractivity contribution in [3.8, 4) is 17.2 Å². The van der Waals surface area contributed by atoms with Crippen molar-refractivity contribution in [3.05, 3.63) is 209 Å². The normalized spacial score (nSPS) is 16.6.